The van der Waals surface area contributed by atoms with Gasteiger partial charge in [-0.05, 0) is 42.1 Å². The number of carbonyl (C=O) groups excluding carboxylic acids is 2. The number of anilines is 2. The molecule has 0 unspecified atom stereocenters. The minimum atomic E-state index is -0.288. The molecule has 3 aromatic rings. The number of carbonyl (C=O) groups is 2. The Kier molecular flexibility index (Phi) is 3.70. The van der Waals surface area contributed by atoms with Gasteiger partial charge in [-0.1, -0.05) is 41.9 Å². The first kappa shape index (κ1) is 15.7. The summed E-state index contributed by atoms with van der Waals surface area (Å²) in [7, 11) is 0. The molecule has 0 saturated heterocycles. The van der Waals surface area contributed by atoms with Gasteiger partial charge in [0.1, 0.15) is 6.54 Å². The second-order valence-electron chi connectivity index (χ2n) is 6.10. The second-order valence-corrected chi connectivity index (χ2v) is 6.51. The molecule has 4 rings (SSSR count). The number of aryl methyl sites for hydroxylation is 1. The zero-order valence-corrected chi connectivity index (χ0v) is 14.3. The van der Waals surface area contributed by atoms with Gasteiger partial charge < -0.3 is 5.32 Å². The van der Waals surface area contributed by atoms with Crippen molar-refractivity contribution in [2.45, 2.75) is 6.92 Å². The molecular formula is C20H15ClN2O2. The summed E-state index contributed by atoms with van der Waals surface area (Å²) in [6, 6.07) is 16.8. The zero-order valence-electron chi connectivity index (χ0n) is 13.5. The third-order valence-corrected chi connectivity index (χ3v) is 4.66. The van der Waals surface area contributed by atoms with Crippen LogP contribution in [0.2, 0.25) is 5.02 Å². The van der Waals surface area contributed by atoms with Crippen LogP contribution >= 0.6 is 11.6 Å². The van der Waals surface area contributed by atoms with Gasteiger partial charge in [0.05, 0.1) is 16.4 Å². The Bertz CT molecular complexity index is 1020. The van der Waals surface area contributed by atoms with E-state index in [9.17, 15) is 9.59 Å². The van der Waals surface area contributed by atoms with Crippen molar-refractivity contribution >= 4 is 45.6 Å². The number of rotatable bonds is 3. The molecule has 124 valence electrons. The summed E-state index contributed by atoms with van der Waals surface area (Å²) in [5.74, 6) is -0.444. The van der Waals surface area contributed by atoms with Crippen LogP contribution in [0.25, 0.3) is 10.8 Å². The molecule has 4 nitrogen and oxygen atoms in total. The van der Waals surface area contributed by atoms with Gasteiger partial charge in [0.15, 0.2) is 0 Å². The summed E-state index contributed by atoms with van der Waals surface area (Å²) < 4.78 is 0. The lowest BCUT2D eigenvalue weighted by atomic mass is 10.1. The fraction of sp³-hybridized carbons (Fsp3) is 0.100. The van der Waals surface area contributed by atoms with Crippen molar-refractivity contribution in [2.75, 3.05) is 16.8 Å². The monoisotopic (exact) mass is 350 g/mol. The molecule has 1 N–H and O–H groups in total. The van der Waals surface area contributed by atoms with E-state index in [2.05, 4.69) is 5.32 Å². The summed E-state index contributed by atoms with van der Waals surface area (Å²) in [5, 5.41) is 5.15. The molecule has 0 aliphatic carbocycles. The smallest absolute Gasteiger partial charge is 0.259 e. The van der Waals surface area contributed by atoms with Crippen LogP contribution in [0.15, 0.2) is 54.6 Å². The van der Waals surface area contributed by atoms with Crippen molar-refractivity contribution in [2.24, 2.45) is 0 Å². The fourth-order valence-corrected chi connectivity index (χ4v) is 3.47. The van der Waals surface area contributed by atoms with Crippen LogP contribution in [0.3, 0.4) is 0 Å². The van der Waals surface area contributed by atoms with Gasteiger partial charge in [-0.2, -0.15) is 0 Å². The highest BCUT2D eigenvalue weighted by Gasteiger charge is 2.30. The van der Waals surface area contributed by atoms with Gasteiger partial charge in [-0.15, -0.1) is 0 Å². The first-order valence-electron chi connectivity index (χ1n) is 7.94. The minimum Gasteiger partial charge on any atom is -0.323 e. The van der Waals surface area contributed by atoms with Crippen LogP contribution in [0.4, 0.5) is 11.4 Å². The average Bonchev–Trinajstić information content (AvgIpc) is 2.86. The molecule has 0 spiro atoms. The van der Waals surface area contributed by atoms with Gasteiger partial charge in [-0.3, -0.25) is 14.5 Å². The van der Waals surface area contributed by atoms with Gasteiger partial charge in [0, 0.05) is 10.9 Å². The van der Waals surface area contributed by atoms with Crippen molar-refractivity contribution in [1.29, 1.82) is 0 Å². The van der Waals surface area contributed by atoms with Crippen LogP contribution in [-0.4, -0.2) is 18.4 Å². The largest absolute Gasteiger partial charge is 0.323 e. The molecule has 0 radical (unpaired) electrons. The van der Waals surface area contributed by atoms with E-state index >= 15 is 0 Å². The molecule has 3 aromatic carbocycles. The van der Waals surface area contributed by atoms with Gasteiger partial charge in [-0.25, -0.2) is 0 Å². The maximum Gasteiger partial charge on any atom is 0.259 e. The van der Waals surface area contributed by atoms with E-state index in [0.29, 0.717) is 16.3 Å². The quantitative estimate of drug-likeness (QED) is 0.761. The van der Waals surface area contributed by atoms with Crippen LogP contribution in [0, 0.1) is 6.92 Å². The minimum absolute atomic E-state index is 0.0587. The third kappa shape index (κ3) is 2.65. The first-order valence-corrected chi connectivity index (χ1v) is 8.32. The lowest BCUT2D eigenvalue weighted by molar-refractivity contribution is -0.114. The van der Waals surface area contributed by atoms with Crippen LogP contribution in [0.5, 0.6) is 0 Å². The molecule has 1 aliphatic heterocycles. The maximum absolute atomic E-state index is 12.7. The lowest BCUT2D eigenvalue weighted by Gasteiger charge is -2.17. The number of benzene rings is 3. The zero-order chi connectivity index (χ0) is 17.6. The summed E-state index contributed by atoms with van der Waals surface area (Å²) in [4.78, 5) is 26.7. The van der Waals surface area contributed by atoms with Crippen molar-refractivity contribution in [3.63, 3.8) is 0 Å². The summed E-state index contributed by atoms with van der Waals surface area (Å²) in [6.45, 7) is 1.87. The number of halogens is 1. The van der Waals surface area contributed by atoms with Gasteiger partial charge >= 0.3 is 0 Å². The molecule has 0 aromatic heterocycles. The second kappa shape index (κ2) is 5.90. The Hall–Kier alpha value is -2.85. The van der Waals surface area contributed by atoms with E-state index < -0.39 is 0 Å². The molecule has 25 heavy (non-hydrogen) atoms. The molecule has 1 aliphatic rings. The highest BCUT2D eigenvalue weighted by molar-refractivity contribution is 6.34. The van der Waals surface area contributed by atoms with E-state index in [1.165, 1.54) is 4.90 Å². The van der Waals surface area contributed by atoms with E-state index in [4.69, 9.17) is 11.6 Å². The fourth-order valence-electron chi connectivity index (χ4n) is 3.19. The SMILES string of the molecule is Cc1ccc(NC(=O)CN2C(=O)c3cccc4cccc2c34)c(Cl)c1. The predicted octanol–water partition coefficient (Wildman–Crippen LogP) is 4.40. The van der Waals surface area contributed by atoms with E-state index in [0.717, 1.165) is 22.0 Å². The number of nitrogens with one attached hydrogen (secondary N) is 1. The van der Waals surface area contributed by atoms with Crippen LogP contribution in [0.1, 0.15) is 15.9 Å². The summed E-state index contributed by atoms with van der Waals surface area (Å²) >= 11 is 6.16. The average molecular weight is 351 g/mol. The Morgan fingerprint density at radius 1 is 1.12 bits per heavy atom. The molecule has 2 amide bonds. The Morgan fingerprint density at radius 2 is 1.88 bits per heavy atom. The molecular weight excluding hydrogens is 336 g/mol. The Balaban J connectivity index is 1.61. The predicted molar refractivity (Wildman–Crippen MR) is 100 cm³/mol. The van der Waals surface area contributed by atoms with Gasteiger partial charge in [0.2, 0.25) is 5.91 Å². The third-order valence-electron chi connectivity index (χ3n) is 4.35. The van der Waals surface area contributed by atoms with Gasteiger partial charge in [0.25, 0.3) is 5.91 Å². The Morgan fingerprint density at radius 3 is 2.64 bits per heavy atom. The summed E-state index contributed by atoms with van der Waals surface area (Å²) in [5.41, 5.74) is 2.96. The highest BCUT2D eigenvalue weighted by Crippen LogP contribution is 2.37. The molecule has 0 bridgehead atoms. The molecule has 0 fully saturated rings. The molecule has 0 saturated carbocycles. The molecule has 5 heteroatoms. The number of hydrogen-bond acceptors (Lipinski definition) is 2. The van der Waals surface area contributed by atoms with Crippen molar-refractivity contribution in [1.82, 2.24) is 0 Å². The first-order chi connectivity index (χ1) is 12.0. The number of amides is 2. The summed E-state index contributed by atoms with van der Waals surface area (Å²) in [6.07, 6.45) is 0. The van der Waals surface area contributed by atoms with Crippen molar-refractivity contribution in [3.05, 3.63) is 70.7 Å². The molecule has 1 heterocycles. The Labute approximate surface area is 150 Å². The topological polar surface area (TPSA) is 49.4 Å². The number of hydrogen-bond donors (Lipinski definition) is 1. The van der Waals surface area contributed by atoms with E-state index in [1.807, 2.05) is 43.3 Å². The standard InChI is InChI=1S/C20H15ClN2O2/c1-12-8-9-16(15(21)10-12)22-18(24)11-23-17-7-3-5-13-4-2-6-14(19(13)17)20(23)25/h2-10H,11H2,1H3,(H,22,24). The maximum atomic E-state index is 12.7. The van der Waals surface area contributed by atoms with Crippen molar-refractivity contribution in [3.8, 4) is 0 Å². The molecule has 0 atom stereocenters. The normalized spacial score (nSPS) is 12.7. The van der Waals surface area contributed by atoms with Crippen LogP contribution < -0.4 is 10.2 Å². The van der Waals surface area contributed by atoms with Crippen molar-refractivity contribution < 1.29 is 9.59 Å². The van der Waals surface area contributed by atoms with E-state index in [1.54, 1.807) is 18.2 Å². The lowest BCUT2D eigenvalue weighted by Crippen LogP contribution is -2.35. The number of nitrogens with zero attached hydrogens (tertiary/aromatic N) is 1. The van der Waals surface area contributed by atoms with E-state index in [-0.39, 0.29) is 18.4 Å². The van der Waals surface area contributed by atoms with Crippen LogP contribution in [-0.2, 0) is 4.79 Å². The highest BCUT2D eigenvalue weighted by atomic mass is 35.5.